The molecule has 2 atom stereocenters. The van der Waals surface area contributed by atoms with Crippen LogP contribution in [0, 0.1) is 23.2 Å². The van der Waals surface area contributed by atoms with E-state index in [1.807, 2.05) is 9.80 Å². The van der Waals surface area contributed by atoms with Crippen molar-refractivity contribution in [2.24, 2.45) is 23.2 Å². The largest absolute Gasteiger partial charge is 0.396 e. The van der Waals surface area contributed by atoms with E-state index in [4.69, 9.17) is 0 Å². The first-order valence-corrected chi connectivity index (χ1v) is 10.1. The van der Waals surface area contributed by atoms with Gasteiger partial charge in [-0.3, -0.25) is 9.59 Å². The number of carbonyl (C=O) groups excluding carboxylic acids is 2. The Morgan fingerprint density at radius 2 is 1.68 bits per heavy atom. The van der Waals surface area contributed by atoms with Gasteiger partial charge < -0.3 is 14.9 Å². The molecule has 0 aromatic rings. The second-order valence-electron chi connectivity index (χ2n) is 8.78. The smallest absolute Gasteiger partial charge is 0.228 e. The highest BCUT2D eigenvalue weighted by molar-refractivity contribution is 5.82. The molecule has 0 unspecified atom stereocenters. The molecule has 1 aliphatic carbocycles. The van der Waals surface area contributed by atoms with E-state index in [9.17, 15) is 14.7 Å². The molecule has 1 N–H and O–H groups in total. The number of likely N-dealkylation sites (tertiary alicyclic amines) is 2. The molecule has 0 bridgehead atoms. The molecular formula is C20H34N2O3. The SMILES string of the molecule is CC(=O)N1CCC([C@@H]2CN(C(=O)C3(C)CCCCC3)C[C@H]2CO)CC1. The molecule has 3 aliphatic rings. The average molecular weight is 351 g/mol. The molecule has 0 spiro atoms. The summed E-state index contributed by atoms with van der Waals surface area (Å²) in [4.78, 5) is 28.6. The van der Waals surface area contributed by atoms with Gasteiger partial charge in [0, 0.05) is 51.0 Å². The molecule has 2 aliphatic heterocycles. The van der Waals surface area contributed by atoms with Crippen LogP contribution in [-0.4, -0.2) is 59.5 Å². The third-order valence-corrected chi connectivity index (χ3v) is 7.08. The van der Waals surface area contributed by atoms with E-state index in [0.717, 1.165) is 58.2 Å². The van der Waals surface area contributed by atoms with Crippen LogP contribution in [0.2, 0.25) is 0 Å². The van der Waals surface area contributed by atoms with Gasteiger partial charge in [0.25, 0.3) is 0 Å². The number of carbonyl (C=O) groups is 2. The van der Waals surface area contributed by atoms with E-state index >= 15 is 0 Å². The lowest BCUT2D eigenvalue weighted by molar-refractivity contribution is -0.142. The zero-order chi connectivity index (χ0) is 18.0. The monoisotopic (exact) mass is 350 g/mol. The van der Waals surface area contributed by atoms with Crippen molar-refractivity contribution in [2.75, 3.05) is 32.8 Å². The molecule has 0 aromatic heterocycles. The molecule has 142 valence electrons. The highest BCUT2D eigenvalue weighted by Gasteiger charge is 2.45. The predicted molar refractivity (Wildman–Crippen MR) is 96.8 cm³/mol. The summed E-state index contributed by atoms with van der Waals surface area (Å²) in [5.41, 5.74) is -0.189. The summed E-state index contributed by atoms with van der Waals surface area (Å²) in [5.74, 6) is 1.57. The van der Waals surface area contributed by atoms with Gasteiger partial charge in [0.15, 0.2) is 0 Å². The number of aliphatic hydroxyl groups is 1. The van der Waals surface area contributed by atoms with Crippen LogP contribution in [0.25, 0.3) is 0 Å². The molecular weight excluding hydrogens is 316 g/mol. The lowest BCUT2D eigenvalue weighted by Gasteiger charge is -2.37. The fourth-order valence-electron chi connectivity index (χ4n) is 5.36. The maximum absolute atomic E-state index is 13.1. The summed E-state index contributed by atoms with van der Waals surface area (Å²) in [6.07, 6.45) is 7.58. The summed E-state index contributed by atoms with van der Waals surface area (Å²) in [6.45, 7) is 7.09. The third-order valence-electron chi connectivity index (χ3n) is 7.08. The lowest BCUT2D eigenvalue weighted by Crippen LogP contribution is -2.43. The Labute approximate surface area is 151 Å². The molecule has 5 nitrogen and oxygen atoms in total. The molecule has 3 fully saturated rings. The normalized spacial score (nSPS) is 30.5. The molecule has 1 saturated carbocycles. The summed E-state index contributed by atoms with van der Waals surface area (Å²) in [7, 11) is 0. The van der Waals surface area contributed by atoms with Gasteiger partial charge in [-0.25, -0.2) is 0 Å². The molecule has 2 heterocycles. The highest BCUT2D eigenvalue weighted by Crippen LogP contribution is 2.41. The first kappa shape index (κ1) is 18.7. The molecule has 0 radical (unpaired) electrons. The number of hydrogen-bond acceptors (Lipinski definition) is 3. The van der Waals surface area contributed by atoms with Crippen molar-refractivity contribution in [1.29, 1.82) is 0 Å². The molecule has 3 rings (SSSR count). The number of piperidine rings is 1. The molecule has 0 aromatic carbocycles. The Morgan fingerprint density at radius 1 is 1.04 bits per heavy atom. The second kappa shape index (κ2) is 7.65. The number of amides is 2. The Kier molecular flexibility index (Phi) is 5.71. The molecule has 25 heavy (non-hydrogen) atoms. The minimum Gasteiger partial charge on any atom is -0.396 e. The maximum atomic E-state index is 13.1. The van der Waals surface area contributed by atoms with Crippen molar-refractivity contribution in [1.82, 2.24) is 9.80 Å². The van der Waals surface area contributed by atoms with E-state index in [1.54, 1.807) is 6.92 Å². The van der Waals surface area contributed by atoms with Gasteiger partial charge >= 0.3 is 0 Å². The van der Waals surface area contributed by atoms with Gasteiger partial charge in [-0.1, -0.05) is 26.2 Å². The summed E-state index contributed by atoms with van der Waals surface area (Å²) >= 11 is 0. The Bertz CT molecular complexity index is 493. The van der Waals surface area contributed by atoms with Crippen molar-refractivity contribution in [2.45, 2.75) is 58.8 Å². The third kappa shape index (κ3) is 3.86. The summed E-state index contributed by atoms with van der Waals surface area (Å²) in [6, 6.07) is 0. The van der Waals surface area contributed by atoms with E-state index in [1.165, 1.54) is 6.42 Å². The van der Waals surface area contributed by atoms with Crippen LogP contribution in [0.1, 0.15) is 58.8 Å². The Morgan fingerprint density at radius 3 is 2.24 bits per heavy atom. The molecule has 2 amide bonds. The summed E-state index contributed by atoms with van der Waals surface area (Å²) < 4.78 is 0. The van der Waals surface area contributed by atoms with Crippen LogP contribution in [-0.2, 0) is 9.59 Å². The van der Waals surface area contributed by atoms with Crippen LogP contribution < -0.4 is 0 Å². The first-order chi connectivity index (χ1) is 11.9. The maximum Gasteiger partial charge on any atom is 0.228 e. The van der Waals surface area contributed by atoms with Crippen molar-refractivity contribution < 1.29 is 14.7 Å². The van der Waals surface area contributed by atoms with Gasteiger partial charge in [-0.15, -0.1) is 0 Å². The minimum atomic E-state index is -0.189. The van der Waals surface area contributed by atoms with Crippen molar-refractivity contribution in [3.05, 3.63) is 0 Å². The van der Waals surface area contributed by atoms with Gasteiger partial charge in [-0.05, 0) is 37.5 Å². The number of aliphatic hydroxyl groups excluding tert-OH is 1. The number of rotatable bonds is 3. The van der Waals surface area contributed by atoms with Gasteiger partial charge in [0.1, 0.15) is 0 Å². The van der Waals surface area contributed by atoms with Crippen molar-refractivity contribution in [3.8, 4) is 0 Å². The predicted octanol–water partition coefficient (Wildman–Crippen LogP) is 2.28. The quantitative estimate of drug-likeness (QED) is 0.849. The Balaban J connectivity index is 1.62. The number of hydrogen-bond donors (Lipinski definition) is 1. The van der Waals surface area contributed by atoms with Crippen LogP contribution >= 0.6 is 0 Å². The van der Waals surface area contributed by atoms with Crippen LogP contribution in [0.15, 0.2) is 0 Å². The van der Waals surface area contributed by atoms with Crippen LogP contribution in [0.4, 0.5) is 0 Å². The van der Waals surface area contributed by atoms with Crippen molar-refractivity contribution >= 4 is 11.8 Å². The fraction of sp³-hybridized carbons (Fsp3) is 0.900. The second-order valence-corrected chi connectivity index (χ2v) is 8.78. The topological polar surface area (TPSA) is 60.9 Å². The number of nitrogens with zero attached hydrogens (tertiary/aromatic N) is 2. The van der Waals surface area contributed by atoms with E-state index in [2.05, 4.69) is 6.92 Å². The van der Waals surface area contributed by atoms with Gasteiger partial charge in [0.05, 0.1) is 0 Å². The van der Waals surface area contributed by atoms with Gasteiger partial charge in [-0.2, -0.15) is 0 Å². The van der Waals surface area contributed by atoms with Gasteiger partial charge in [0.2, 0.25) is 11.8 Å². The first-order valence-electron chi connectivity index (χ1n) is 10.1. The zero-order valence-corrected chi connectivity index (χ0v) is 15.9. The Hall–Kier alpha value is -1.10. The van der Waals surface area contributed by atoms with Crippen LogP contribution in [0.3, 0.4) is 0 Å². The van der Waals surface area contributed by atoms with E-state index in [0.29, 0.717) is 24.3 Å². The van der Waals surface area contributed by atoms with E-state index in [-0.39, 0.29) is 23.8 Å². The van der Waals surface area contributed by atoms with Crippen molar-refractivity contribution in [3.63, 3.8) is 0 Å². The highest BCUT2D eigenvalue weighted by atomic mass is 16.3. The fourth-order valence-corrected chi connectivity index (χ4v) is 5.36. The molecule has 2 saturated heterocycles. The lowest BCUT2D eigenvalue weighted by atomic mass is 9.74. The average Bonchev–Trinajstić information content (AvgIpc) is 3.06. The minimum absolute atomic E-state index is 0.158. The van der Waals surface area contributed by atoms with E-state index < -0.39 is 0 Å². The standard InChI is InChI=1S/C20H34N2O3/c1-15(24)21-10-6-16(7-11-21)18-13-22(12-17(18)14-23)19(25)20(2)8-4-3-5-9-20/h16-18,23H,3-14H2,1-2H3/t17-,18-/m0/s1. The molecule has 5 heteroatoms. The zero-order valence-electron chi connectivity index (χ0n) is 15.9. The van der Waals surface area contributed by atoms with Crippen LogP contribution in [0.5, 0.6) is 0 Å². The summed E-state index contributed by atoms with van der Waals surface area (Å²) in [5, 5.41) is 9.88.